The van der Waals surface area contributed by atoms with Crippen LogP contribution in [0.25, 0.3) is 0 Å². The van der Waals surface area contributed by atoms with Crippen LogP contribution in [-0.2, 0) is 0 Å². The van der Waals surface area contributed by atoms with E-state index in [1.54, 1.807) is 12.1 Å². The molecule has 3 nitrogen and oxygen atoms in total. The van der Waals surface area contributed by atoms with Crippen LogP contribution >= 0.6 is 0 Å². The molecule has 4 heteroatoms. The fourth-order valence-electron chi connectivity index (χ4n) is 3.63. The van der Waals surface area contributed by atoms with Crippen LogP contribution < -0.4 is 10.6 Å². The van der Waals surface area contributed by atoms with E-state index in [1.165, 1.54) is 43.4 Å². The first-order valence-corrected chi connectivity index (χ1v) is 9.40. The van der Waals surface area contributed by atoms with Crippen LogP contribution in [0.15, 0.2) is 48.8 Å². The second kappa shape index (κ2) is 9.64. The Hall–Kier alpha value is -1.78. The highest BCUT2D eigenvalue weighted by Gasteiger charge is 2.15. The van der Waals surface area contributed by atoms with Gasteiger partial charge in [0.2, 0.25) is 0 Å². The summed E-state index contributed by atoms with van der Waals surface area (Å²) >= 11 is 0. The van der Waals surface area contributed by atoms with Crippen molar-refractivity contribution in [2.75, 3.05) is 26.2 Å². The average Bonchev–Trinajstić information content (AvgIpc) is 2.71. The van der Waals surface area contributed by atoms with E-state index in [2.05, 4.69) is 21.7 Å². The van der Waals surface area contributed by atoms with Gasteiger partial charge in [0.25, 0.3) is 0 Å². The summed E-state index contributed by atoms with van der Waals surface area (Å²) in [5, 5.41) is 6.76. The number of halogens is 1. The molecule has 2 unspecified atom stereocenters. The van der Waals surface area contributed by atoms with Gasteiger partial charge in [-0.1, -0.05) is 18.2 Å². The van der Waals surface area contributed by atoms with Gasteiger partial charge in [0.1, 0.15) is 5.82 Å². The molecule has 2 saturated heterocycles. The fourth-order valence-corrected chi connectivity index (χ4v) is 3.63. The fraction of sp³-hybridized carbons (Fsp3) is 0.476. The molecule has 0 aliphatic carbocycles. The molecular weight excluding hydrogens is 313 g/mol. The number of benzene rings is 1. The van der Waals surface area contributed by atoms with Crippen molar-refractivity contribution in [2.24, 2.45) is 0 Å². The molecule has 0 amide bonds. The minimum absolute atomic E-state index is 0.146. The molecule has 0 spiro atoms. The number of nitrogens with zero attached hydrogens (tertiary/aromatic N) is 1. The lowest BCUT2D eigenvalue weighted by molar-refractivity contribution is 0.461. The van der Waals surface area contributed by atoms with Crippen LogP contribution in [0, 0.1) is 5.82 Å². The van der Waals surface area contributed by atoms with Crippen molar-refractivity contribution < 1.29 is 4.39 Å². The summed E-state index contributed by atoms with van der Waals surface area (Å²) in [6, 6.07) is 11.1. The molecule has 2 aliphatic heterocycles. The van der Waals surface area contributed by atoms with Crippen LogP contribution in [0.5, 0.6) is 0 Å². The van der Waals surface area contributed by atoms with Crippen molar-refractivity contribution in [3.05, 3.63) is 65.7 Å². The lowest BCUT2D eigenvalue weighted by Gasteiger charge is -2.22. The number of hydrogen-bond donors (Lipinski definition) is 2. The van der Waals surface area contributed by atoms with Crippen LogP contribution in [0.2, 0.25) is 0 Å². The zero-order valence-electron chi connectivity index (χ0n) is 14.8. The predicted molar refractivity (Wildman–Crippen MR) is 100 cm³/mol. The molecule has 134 valence electrons. The molecule has 2 aliphatic rings. The summed E-state index contributed by atoms with van der Waals surface area (Å²) in [5.74, 6) is 1.12. The second-order valence-corrected chi connectivity index (χ2v) is 6.92. The maximum Gasteiger partial charge on any atom is 0.123 e. The first kappa shape index (κ1) is 18.0. The van der Waals surface area contributed by atoms with E-state index in [0.29, 0.717) is 11.8 Å². The third-order valence-corrected chi connectivity index (χ3v) is 5.09. The molecule has 0 radical (unpaired) electrons. The summed E-state index contributed by atoms with van der Waals surface area (Å²) in [5.41, 5.74) is 2.64. The monoisotopic (exact) mass is 341 g/mol. The molecule has 2 fully saturated rings. The van der Waals surface area contributed by atoms with E-state index < -0.39 is 0 Å². The number of nitrogens with one attached hydrogen (secondary N) is 2. The number of aromatic nitrogens is 1. The number of hydrogen-bond acceptors (Lipinski definition) is 3. The Labute approximate surface area is 150 Å². The Balaban J connectivity index is 0.000000146. The van der Waals surface area contributed by atoms with Crippen molar-refractivity contribution >= 4 is 0 Å². The lowest BCUT2D eigenvalue weighted by atomic mass is 9.92. The number of rotatable bonds is 2. The molecule has 4 rings (SSSR count). The van der Waals surface area contributed by atoms with Crippen molar-refractivity contribution in [1.82, 2.24) is 15.6 Å². The van der Waals surface area contributed by atoms with Gasteiger partial charge in [-0.25, -0.2) is 4.39 Å². The van der Waals surface area contributed by atoms with E-state index in [9.17, 15) is 4.39 Å². The van der Waals surface area contributed by atoms with Crippen LogP contribution in [0.1, 0.15) is 48.6 Å². The van der Waals surface area contributed by atoms with Crippen molar-refractivity contribution in [3.63, 3.8) is 0 Å². The van der Waals surface area contributed by atoms with Gasteiger partial charge in [-0.15, -0.1) is 0 Å². The summed E-state index contributed by atoms with van der Waals surface area (Å²) in [6.45, 7) is 4.45. The van der Waals surface area contributed by atoms with Crippen LogP contribution in [0.3, 0.4) is 0 Å². The summed E-state index contributed by atoms with van der Waals surface area (Å²) < 4.78 is 12.6. The van der Waals surface area contributed by atoms with Crippen molar-refractivity contribution in [1.29, 1.82) is 0 Å². The summed E-state index contributed by atoms with van der Waals surface area (Å²) in [4.78, 5) is 4.13. The molecule has 2 atom stereocenters. The minimum Gasteiger partial charge on any atom is -0.316 e. The van der Waals surface area contributed by atoms with Gasteiger partial charge in [0.15, 0.2) is 0 Å². The lowest BCUT2D eigenvalue weighted by Crippen LogP contribution is -2.28. The molecule has 3 heterocycles. The molecule has 2 N–H and O–H groups in total. The Bertz CT molecular complexity index is 603. The second-order valence-electron chi connectivity index (χ2n) is 6.92. The van der Waals surface area contributed by atoms with E-state index >= 15 is 0 Å². The zero-order valence-corrected chi connectivity index (χ0v) is 14.8. The van der Waals surface area contributed by atoms with E-state index in [4.69, 9.17) is 0 Å². The van der Waals surface area contributed by atoms with Gasteiger partial charge < -0.3 is 10.6 Å². The molecule has 0 saturated carbocycles. The van der Waals surface area contributed by atoms with Crippen molar-refractivity contribution in [3.8, 4) is 0 Å². The normalized spacial score (nSPS) is 23.4. The SMILES string of the molecule is Fc1ccc(C2CCCNC2)cc1.c1cncc(C2CCCNC2)c1. The highest BCUT2D eigenvalue weighted by atomic mass is 19.1. The Morgan fingerprint density at radius 2 is 1.48 bits per heavy atom. The van der Waals surface area contributed by atoms with Crippen molar-refractivity contribution in [2.45, 2.75) is 37.5 Å². The molecule has 0 bridgehead atoms. The van der Waals surface area contributed by atoms with Crippen LogP contribution in [0.4, 0.5) is 4.39 Å². The molecule has 1 aromatic heterocycles. The van der Waals surface area contributed by atoms with Gasteiger partial charge >= 0.3 is 0 Å². The first-order valence-electron chi connectivity index (χ1n) is 9.40. The molecule has 25 heavy (non-hydrogen) atoms. The average molecular weight is 341 g/mol. The van der Waals surface area contributed by atoms with Gasteiger partial charge in [-0.05, 0) is 79.9 Å². The number of piperidine rings is 2. The quantitative estimate of drug-likeness (QED) is 0.871. The third-order valence-electron chi connectivity index (χ3n) is 5.09. The Kier molecular flexibility index (Phi) is 6.95. The third kappa shape index (κ3) is 5.62. The van der Waals surface area contributed by atoms with E-state index in [1.807, 2.05) is 30.6 Å². The Morgan fingerprint density at radius 3 is 2.00 bits per heavy atom. The molecular formula is C21H28FN3. The van der Waals surface area contributed by atoms with Crippen LogP contribution in [-0.4, -0.2) is 31.2 Å². The van der Waals surface area contributed by atoms with Gasteiger partial charge in [-0.2, -0.15) is 0 Å². The van der Waals surface area contributed by atoms with E-state index in [-0.39, 0.29) is 5.82 Å². The van der Waals surface area contributed by atoms with E-state index in [0.717, 1.165) is 19.6 Å². The van der Waals surface area contributed by atoms with Gasteiger partial charge in [-0.3, -0.25) is 4.98 Å². The first-order chi connectivity index (χ1) is 12.3. The highest BCUT2D eigenvalue weighted by Crippen LogP contribution is 2.23. The zero-order chi connectivity index (χ0) is 17.3. The maximum absolute atomic E-state index is 12.6. The van der Waals surface area contributed by atoms with Gasteiger partial charge in [0.05, 0.1) is 0 Å². The number of pyridine rings is 1. The molecule has 1 aromatic carbocycles. The predicted octanol–water partition coefficient (Wildman–Crippen LogP) is 3.84. The van der Waals surface area contributed by atoms with Gasteiger partial charge in [0, 0.05) is 25.5 Å². The summed E-state index contributed by atoms with van der Waals surface area (Å²) in [7, 11) is 0. The largest absolute Gasteiger partial charge is 0.316 e. The smallest absolute Gasteiger partial charge is 0.123 e. The topological polar surface area (TPSA) is 37.0 Å². The highest BCUT2D eigenvalue weighted by molar-refractivity contribution is 5.21. The molecule has 2 aromatic rings. The standard InChI is InChI=1S/C11H14FN.C10H14N2/c12-11-5-3-9(4-6-11)10-2-1-7-13-8-10;1-3-9(7-11-5-1)10-4-2-6-12-8-10/h3-6,10,13H,1-2,7-8H2;1,3,5,7,10,12H,2,4,6,8H2. The Morgan fingerprint density at radius 1 is 0.840 bits per heavy atom. The summed E-state index contributed by atoms with van der Waals surface area (Å²) in [6.07, 6.45) is 8.86. The minimum atomic E-state index is -0.146. The maximum atomic E-state index is 12.6.